The molecule has 4 fully saturated rings. The van der Waals surface area contributed by atoms with E-state index >= 15 is 0 Å². The summed E-state index contributed by atoms with van der Waals surface area (Å²) >= 11 is 0. The van der Waals surface area contributed by atoms with Crippen molar-refractivity contribution in [2.75, 3.05) is 0 Å². The van der Waals surface area contributed by atoms with Crippen LogP contribution in [0.25, 0.3) is 11.3 Å². The zero-order valence-corrected chi connectivity index (χ0v) is 24.4. The summed E-state index contributed by atoms with van der Waals surface area (Å²) in [5.41, 5.74) is 14.7. The quantitative estimate of drug-likeness (QED) is 0.314. The maximum absolute atomic E-state index is 4.72. The minimum Gasteiger partial charge on any atom is -0.246 e. The molecule has 198 valence electrons. The molecule has 0 aliphatic heterocycles. The predicted molar refractivity (Wildman–Crippen MR) is 163 cm³/mol. The fourth-order valence-electron chi connectivity index (χ4n) is 9.29. The second-order valence-electron chi connectivity index (χ2n) is 13.4. The third-order valence-corrected chi connectivity index (χ3v) is 10.5. The van der Waals surface area contributed by atoms with E-state index in [-0.39, 0.29) is 12.3 Å². The molecule has 3 nitrogen and oxygen atoms in total. The van der Waals surface area contributed by atoms with Crippen LogP contribution in [0, 0.1) is 59.3 Å². The zero-order valence-electron chi connectivity index (χ0n) is 24.4. The second-order valence-corrected chi connectivity index (χ2v) is 13.4. The van der Waals surface area contributed by atoms with Gasteiger partial charge in [0.2, 0.25) is 6.71 Å². The fraction of sp³-hybridized carbons (Fsp3) is 0.429. The van der Waals surface area contributed by atoms with Gasteiger partial charge in [0, 0.05) is 5.56 Å². The first-order chi connectivity index (χ1) is 18.7. The summed E-state index contributed by atoms with van der Waals surface area (Å²) in [6, 6.07) is 18.5. The molecule has 4 heteroatoms. The summed E-state index contributed by atoms with van der Waals surface area (Å²) in [4.78, 5) is 0. The lowest BCUT2D eigenvalue weighted by Gasteiger charge is -2.38. The van der Waals surface area contributed by atoms with Gasteiger partial charge in [-0.15, -0.1) is 5.10 Å². The van der Waals surface area contributed by atoms with Crippen molar-refractivity contribution in [1.82, 2.24) is 15.0 Å². The first-order valence-corrected chi connectivity index (χ1v) is 14.9. The molecule has 0 amide bonds. The molecule has 2 unspecified atom stereocenters. The summed E-state index contributed by atoms with van der Waals surface area (Å²) in [5, 5.41) is 9.42. The number of aryl methyl sites for hydroxylation is 6. The number of benzene rings is 3. The van der Waals surface area contributed by atoms with Crippen LogP contribution in [0.15, 0.2) is 54.7 Å². The molecule has 4 aliphatic rings. The normalized spacial score (nSPS) is 25.0. The first kappa shape index (κ1) is 24.9. The Labute approximate surface area is 234 Å². The van der Waals surface area contributed by atoms with Crippen molar-refractivity contribution in [3.8, 4) is 11.3 Å². The molecule has 4 bridgehead atoms. The maximum atomic E-state index is 4.72. The molecule has 2 atom stereocenters. The van der Waals surface area contributed by atoms with Gasteiger partial charge >= 0.3 is 0 Å². The molecule has 0 N–H and O–H groups in total. The standard InChI is InChI=1S/C35H40BN3/c1-21-11-23(3)33(24(4)12-21)36(34-25(5)13-22(2)14-26(34)6)31-9-7-28(8-10-31)32-20-39(38-37-32)35-17-27-15-29(18-35)30(16-27)19-35/h7-14,20,27,29-30H,15-19H2,1-6H3. The van der Waals surface area contributed by atoms with Gasteiger partial charge in [0.15, 0.2) is 0 Å². The lowest BCUT2D eigenvalue weighted by Crippen LogP contribution is -2.55. The number of rotatable bonds is 5. The summed E-state index contributed by atoms with van der Waals surface area (Å²) < 4.78 is 2.26. The third kappa shape index (κ3) is 4.01. The maximum Gasteiger partial charge on any atom is 0.242 e. The molecule has 3 aromatic carbocycles. The average Bonchev–Trinajstić information content (AvgIpc) is 3.54. The molecule has 4 saturated carbocycles. The van der Waals surface area contributed by atoms with Gasteiger partial charge in [-0.3, -0.25) is 0 Å². The average molecular weight is 514 g/mol. The van der Waals surface area contributed by atoms with Crippen molar-refractivity contribution in [1.29, 1.82) is 0 Å². The Bertz CT molecular complexity index is 1460. The zero-order chi connectivity index (χ0) is 27.1. The summed E-state index contributed by atoms with van der Waals surface area (Å²) in [5.74, 6) is 2.76. The molecular weight excluding hydrogens is 473 g/mol. The van der Waals surface area contributed by atoms with E-state index in [1.54, 1.807) is 0 Å². The Balaban J connectivity index is 1.27. The van der Waals surface area contributed by atoms with Gasteiger partial charge in [-0.2, -0.15) is 0 Å². The van der Waals surface area contributed by atoms with E-state index in [0.717, 1.165) is 29.0 Å². The fourth-order valence-corrected chi connectivity index (χ4v) is 9.29. The van der Waals surface area contributed by atoms with E-state index < -0.39 is 0 Å². The number of hydrogen-bond acceptors (Lipinski definition) is 2. The molecule has 0 spiro atoms. The van der Waals surface area contributed by atoms with E-state index in [4.69, 9.17) is 10.3 Å². The SMILES string of the molecule is Cc1cc(C)c(B(c2ccc(-c3cn(C45CC6CC(C4)C(C6)C5)nn3)cc2)c2c(C)cc(C)cc2C)c(C)c1. The molecular formula is C35H40BN3. The van der Waals surface area contributed by atoms with Gasteiger partial charge in [0.05, 0.1) is 11.7 Å². The van der Waals surface area contributed by atoms with Gasteiger partial charge in [-0.1, -0.05) is 104 Å². The first-order valence-electron chi connectivity index (χ1n) is 14.9. The Hall–Kier alpha value is -3.14. The highest BCUT2D eigenvalue weighted by atomic mass is 15.5. The molecule has 0 radical (unpaired) electrons. The second kappa shape index (κ2) is 8.94. The van der Waals surface area contributed by atoms with Gasteiger partial charge in [0.1, 0.15) is 5.69 Å². The topological polar surface area (TPSA) is 30.7 Å². The van der Waals surface area contributed by atoms with Crippen molar-refractivity contribution in [2.24, 2.45) is 17.8 Å². The Morgan fingerprint density at radius 3 is 1.72 bits per heavy atom. The molecule has 1 aromatic heterocycles. The van der Waals surface area contributed by atoms with Gasteiger partial charge < -0.3 is 0 Å². The van der Waals surface area contributed by atoms with Gasteiger partial charge in [-0.05, 0) is 91.4 Å². The van der Waals surface area contributed by atoms with E-state index in [9.17, 15) is 0 Å². The number of hydrogen-bond donors (Lipinski definition) is 0. The lowest BCUT2D eigenvalue weighted by molar-refractivity contribution is 0.133. The Kier molecular flexibility index (Phi) is 5.70. The van der Waals surface area contributed by atoms with Gasteiger partial charge in [0.25, 0.3) is 0 Å². The van der Waals surface area contributed by atoms with Crippen LogP contribution in [0.4, 0.5) is 0 Å². The van der Waals surface area contributed by atoms with Crippen LogP contribution < -0.4 is 16.4 Å². The highest BCUT2D eigenvalue weighted by Crippen LogP contribution is 2.62. The van der Waals surface area contributed by atoms with Crippen molar-refractivity contribution in [3.05, 3.63) is 88.1 Å². The smallest absolute Gasteiger partial charge is 0.242 e. The van der Waals surface area contributed by atoms with Crippen molar-refractivity contribution in [2.45, 2.75) is 79.2 Å². The van der Waals surface area contributed by atoms with Crippen molar-refractivity contribution in [3.63, 3.8) is 0 Å². The van der Waals surface area contributed by atoms with E-state index in [2.05, 4.69) is 101 Å². The summed E-state index contributed by atoms with van der Waals surface area (Å²) in [6.45, 7) is 13.7. The highest BCUT2D eigenvalue weighted by Gasteiger charge is 2.57. The molecule has 1 heterocycles. The monoisotopic (exact) mass is 513 g/mol. The molecule has 4 aromatic rings. The minimum absolute atomic E-state index is 0.194. The molecule has 8 rings (SSSR count). The molecule has 4 aliphatic carbocycles. The van der Waals surface area contributed by atoms with Crippen LogP contribution in [-0.2, 0) is 5.54 Å². The van der Waals surface area contributed by atoms with Crippen LogP contribution in [0.2, 0.25) is 0 Å². The Morgan fingerprint density at radius 2 is 1.23 bits per heavy atom. The van der Waals surface area contributed by atoms with Crippen molar-refractivity contribution >= 4 is 23.1 Å². The van der Waals surface area contributed by atoms with Crippen LogP contribution in [-0.4, -0.2) is 21.7 Å². The largest absolute Gasteiger partial charge is 0.246 e. The lowest BCUT2D eigenvalue weighted by atomic mass is 9.34. The Morgan fingerprint density at radius 1 is 0.718 bits per heavy atom. The van der Waals surface area contributed by atoms with Crippen LogP contribution in [0.5, 0.6) is 0 Å². The minimum atomic E-state index is 0.194. The van der Waals surface area contributed by atoms with Crippen LogP contribution >= 0.6 is 0 Å². The van der Waals surface area contributed by atoms with E-state index in [0.29, 0.717) is 0 Å². The third-order valence-electron chi connectivity index (χ3n) is 10.5. The summed E-state index contributed by atoms with van der Waals surface area (Å²) in [6.07, 6.45) is 9.06. The summed E-state index contributed by atoms with van der Waals surface area (Å²) in [7, 11) is 0. The number of nitrogens with zero attached hydrogens (tertiary/aromatic N) is 3. The number of aromatic nitrogens is 3. The predicted octanol–water partition coefficient (Wildman–Crippen LogP) is 5.85. The molecule has 39 heavy (non-hydrogen) atoms. The van der Waals surface area contributed by atoms with Crippen LogP contribution in [0.3, 0.4) is 0 Å². The van der Waals surface area contributed by atoms with E-state index in [1.807, 2.05) is 0 Å². The van der Waals surface area contributed by atoms with E-state index in [1.165, 1.54) is 81.9 Å². The van der Waals surface area contributed by atoms with Crippen LogP contribution in [0.1, 0.15) is 65.5 Å². The van der Waals surface area contributed by atoms with Gasteiger partial charge in [-0.25, -0.2) is 4.68 Å². The molecule has 0 saturated heterocycles. The highest BCUT2D eigenvalue weighted by molar-refractivity contribution is 6.96. The van der Waals surface area contributed by atoms with Crippen molar-refractivity contribution < 1.29 is 0 Å².